The van der Waals surface area contributed by atoms with Crippen molar-refractivity contribution in [2.24, 2.45) is 16.8 Å². The summed E-state index contributed by atoms with van der Waals surface area (Å²) in [6.45, 7) is 6.09. The van der Waals surface area contributed by atoms with Crippen molar-refractivity contribution in [1.82, 2.24) is 35.7 Å². The predicted octanol–water partition coefficient (Wildman–Crippen LogP) is -0.906. The first-order chi connectivity index (χ1) is 29.3. The lowest BCUT2D eigenvalue weighted by atomic mass is 10.0. The number of nitrogens with one attached hydrogen (secondary N) is 4. The second-order valence-corrected chi connectivity index (χ2v) is 16.5. The van der Waals surface area contributed by atoms with Crippen molar-refractivity contribution in [3.63, 3.8) is 0 Å². The summed E-state index contributed by atoms with van der Waals surface area (Å²) in [4.78, 5) is 108. The van der Waals surface area contributed by atoms with Gasteiger partial charge in [0.15, 0.2) is 0 Å². The number of phosphoric acid groups is 1. The van der Waals surface area contributed by atoms with Gasteiger partial charge in [-0.2, -0.15) is 0 Å². The SMILES string of the molecule is CC(=O)N1CCC[C@H]1C(=O)N[C@@H](CC(C)C)C(=O)N[C@@H](Cc1cncn1CCCCCCO/N=C/c1ccc(CO)o1)C(=O)N[C@@H](CO)C(=O)N[C@H](C(N)=O)[C@@H](C)OP(=O)(O)O. The molecule has 6 atom stereocenters. The summed E-state index contributed by atoms with van der Waals surface area (Å²) in [6, 6.07) is -3.60. The number of unbranched alkanes of at least 4 members (excludes halogenated alkanes) is 3. The number of furan rings is 1. The first kappa shape index (κ1) is 51.2. The van der Waals surface area contributed by atoms with Crippen LogP contribution in [0.1, 0.15) is 89.9 Å². The zero-order valence-corrected chi connectivity index (χ0v) is 36.2. The van der Waals surface area contributed by atoms with Gasteiger partial charge in [-0.25, -0.2) is 9.55 Å². The third kappa shape index (κ3) is 16.9. The molecule has 3 heterocycles. The lowest BCUT2D eigenvalue weighted by molar-refractivity contribution is -0.139. The van der Waals surface area contributed by atoms with Crippen molar-refractivity contribution in [2.45, 2.75) is 129 Å². The maximum atomic E-state index is 14.0. The van der Waals surface area contributed by atoms with Gasteiger partial charge in [-0.15, -0.1) is 0 Å². The third-order valence-electron chi connectivity index (χ3n) is 9.82. The number of nitrogens with two attached hydrogens (primary N) is 1. The summed E-state index contributed by atoms with van der Waals surface area (Å²) in [5.41, 5.74) is 5.85. The van der Waals surface area contributed by atoms with Gasteiger partial charge < -0.3 is 65.7 Å². The highest BCUT2D eigenvalue weighted by atomic mass is 31.2. The number of likely N-dealkylation sites (tertiary alicyclic amines) is 1. The standard InChI is InChI=1S/C38H60N9O14P/c1-23(2)16-29(43-38(55)32-10-9-14-47(32)25(4)50)35(52)42-30(36(53)44-31(21-49)37(54)45-33(34(39)51)24(3)61-62(56,57)58)17-26-18-40-22-46(26)13-7-5-6-8-15-59-41-19-27-11-12-28(20-48)60-27/h11-12,18-19,22-24,29-33,48-49H,5-10,13-17,20-21H2,1-4H3,(H2,39,51)(H,42,52)(H,43,55)(H,44,53)(H,45,54)(H2,56,57,58)/b41-19+/t24-,29+,30+,31+,32+,33+/m1/s1. The van der Waals surface area contributed by atoms with Crippen molar-refractivity contribution >= 4 is 49.5 Å². The van der Waals surface area contributed by atoms with Gasteiger partial charge in [0.2, 0.25) is 35.4 Å². The number of aromatic nitrogens is 2. The fourth-order valence-electron chi connectivity index (χ4n) is 6.71. The van der Waals surface area contributed by atoms with Gasteiger partial charge in [-0.1, -0.05) is 25.4 Å². The highest BCUT2D eigenvalue weighted by Crippen LogP contribution is 2.38. The van der Waals surface area contributed by atoms with E-state index in [1.165, 1.54) is 24.2 Å². The highest BCUT2D eigenvalue weighted by molar-refractivity contribution is 7.46. The Bertz CT molecular complexity index is 1880. The second kappa shape index (κ2) is 25.1. The van der Waals surface area contributed by atoms with E-state index in [1.807, 2.05) is 13.8 Å². The molecule has 0 spiro atoms. The molecule has 62 heavy (non-hydrogen) atoms. The molecular formula is C38H60N9O14P. The summed E-state index contributed by atoms with van der Waals surface area (Å²) in [5.74, 6) is -4.14. The van der Waals surface area contributed by atoms with Crippen LogP contribution < -0.4 is 27.0 Å². The minimum absolute atomic E-state index is 0.105. The zero-order valence-electron chi connectivity index (χ0n) is 35.3. The van der Waals surface area contributed by atoms with Gasteiger partial charge in [-0.05, 0) is 63.5 Å². The molecule has 1 fully saturated rings. The Morgan fingerprint density at radius 1 is 0.984 bits per heavy atom. The Hall–Kier alpha value is -5.19. The Labute approximate surface area is 358 Å². The van der Waals surface area contributed by atoms with Crippen molar-refractivity contribution in [1.29, 1.82) is 0 Å². The third-order valence-corrected chi connectivity index (χ3v) is 10.4. The molecule has 0 unspecified atom stereocenters. The highest BCUT2D eigenvalue weighted by Gasteiger charge is 2.37. The Kier molecular flexibility index (Phi) is 20.7. The number of aliphatic hydroxyl groups excluding tert-OH is 2. The molecular weight excluding hydrogens is 837 g/mol. The van der Waals surface area contributed by atoms with E-state index in [9.17, 15) is 48.2 Å². The predicted molar refractivity (Wildman–Crippen MR) is 219 cm³/mol. The quantitative estimate of drug-likeness (QED) is 0.0227. The van der Waals surface area contributed by atoms with Gasteiger partial charge >= 0.3 is 7.82 Å². The maximum Gasteiger partial charge on any atom is 0.469 e. The number of rotatable bonds is 27. The fourth-order valence-corrected chi connectivity index (χ4v) is 7.26. The Morgan fingerprint density at radius 3 is 2.29 bits per heavy atom. The minimum Gasteiger partial charge on any atom is -0.458 e. The van der Waals surface area contributed by atoms with Crippen LogP contribution in [-0.4, -0.2) is 132 Å². The molecule has 0 aromatic carbocycles. The van der Waals surface area contributed by atoms with Gasteiger partial charge in [-0.3, -0.25) is 33.3 Å². The Morgan fingerprint density at radius 2 is 1.66 bits per heavy atom. The fraction of sp³-hybridized carbons (Fsp3) is 0.632. The van der Waals surface area contributed by atoms with E-state index in [-0.39, 0.29) is 31.3 Å². The lowest BCUT2D eigenvalue weighted by Crippen LogP contribution is -2.61. The first-order valence-electron chi connectivity index (χ1n) is 20.3. The van der Waals surface area contributed by atoms with Crippen LogP contribution in [0.15, 0.2) is 34.2 Å². The van der Waals surface area contributed by atoms with Crippen LogP contribution in [0.5, 0.6) is 0 Å². The molecule has 0 bridgehead atoms. The van der Waals surface area contributed by atoms with E-state index < -0.39 is 80.3 Å². The summed E-state index contributed by atoms with van der Waals surface area (Å²) < 4.78 is 23.0. The van der Waals surface area contributed by atoms with E-state index >= 15 is 0 Å². The molecule has 10 N–H and O–H groups in total. The van der Waals surface area contributed by atoms with Gasteiger partial charge in [0, 0.05) is 38.3 Å². The monoisotopic (exact) mass is 897 g/mol. The molecule has 0 saturated carbocycles. The number of aryl methyl sites for hydroxylation is 1. The second-order valence-electron chi connectivity index (χ2n) is 15.3. The van der Waals surface area contributed by atoms with E-state index in [0.717, 1.165) is 19.8 Å². The number of hydrogen-bond donors (Lipinski definition) is 9. The van der Waals surface area contributed by atoms with Crippen molar-refractivity contribution in [3.8, 4) is 0 Å². The number of primary amides is 1. The smallest absolute Gasteiger partial charge is 0.458 e. The zero-order chi connectivity index (χ0) is 46.0. The molecule has 2 aromatic rings. The summed E-state index contributed by atoms with van der Waals surface area (Å²) in [6.07, 6.45) is 6.84. The average molecular weight is 898 g/mol. The number of imidazole rings is 1. The molecule has 2 aromatic heterocycles. The number of aliphatic hydroxyl groups is 2. The van der Waals surface area contributed by atoms with E-state index in [4.69, 9.17) is 20.1 Å². The number of oxime groups is 1. The van der Waals surface area contributed by atoms with Crippen molar-refractivity contribution < 1.29 is 67.1 Å². The van der Waals surface area contributed by atoms with E-state index in [0.29, 0.717) is 62.6 Å². The van der Waals surface area contributed by atoms with Gasteiger partial charge in [0.05, 0.1) is 19.0 Å². The van der Waals surface area contributed by atoms with Crippen LogP contribution in [0.4, 0.5) is 0 Å². The number of carbonyl (C=O) groups is 6. The number of amides is 6. The molecule has 3 rings (SSSR count). The first-order valence-corrected chi connectivity index (χ1v) is 21.8. The summed E-state index contributed by atoms with van der Waals surface area (Å²) in [7, 11) is -5.12. The maximum absolute atomic E-state index is 14.0. The van der Waals surface area contributed by atoms with Crippen molar-refractivity contribution in [2.75, 3.05) is 19.8 Å². The lowest BCUT2D eigenvalue weighted by Gasteiger charge is -2.28. The van der Waals surface area contributed by atoms with E-state index in [2.05, 4.69) is 35.9 Å². The van der Waals surface area contributed by atoms with Crippen molar-refractivity contribution in [3.05, 3.63) is 41.9 Å². The minimum atomic E-state index is -5.12. The number of nitrogens with zero attached hydrogens (tertiary/aromatic N) is 4. The summed E-state index contributed by atoms with van der Waals surface area (Å²) in [5, 5.41) is 33.0. The van der Waals surface area contributed by atoms with Crippen LogP contribution in [0.2, 0.25) is 0 Å². The molecule has 1 saturated heterocycles. The number of hydrogen-bond acceptors (Lipinski definition) is 14. The number of phosphoric ester groups is 1. The van der Waals surface area contributed by atoms with Gasteiger partial charge in [0.25, 0.3) is 0 Å². The molecule has 0 radical (unpaired) electrons. The molecule has 346 valence electrons. The van der Waals surface area contributed by atoms with Crippen LogP contribution in [0.25, 0.3) is 0 Å². The average Bonchev–Trinajstić information content (AvgIpc) is 3.98. The normalized spacial score (nSPS) is 16.7. The van der Waals surface area contributed by atoms with Crippen LogP contribution in [-0.2, 0) is 62.3 Å². The summed E-state index contributed by atoms with van der Waals surface area (Å²) >= 11 is 0. The van der Waals surface area contributed by atoms with Crippen LogP contribution in [0, 0.1) is 5.92 Å². The van der Waals surface area contributed by atoms with Crippen LogP contribution >= 0.6 is 7.82 Å². The van der Waals surface area contributed by atoms with Gasteiger partial charge in [0.1, 0.15) is 61.2 Å². The van der Waals surface area contributed by atoms with E-state index in [1.54, 1.807) is 23.0 Å². The molecule has 6 amide bonds. The molecule has 1 aliphatic rings. The Balaban J connectivity index is 1.74. The molecule has 0 aliphatic carbocycles. The number of carbonyl (C=O) groups excluding carboxylic acids is 6. The largest absolute Gasteiger partial charge is 0.469 e. The molecule has 24 heteroatoms. The van der Waals surface area contributed by atoms with Crippen LogP contribution in [0.3, 0.4) is 0 Å². The molecule has 23 nitrogen and oxygen atoms in total. The molecule has 1 aliphatic heterocycles. The topological polar surface area (TPSA) is 340 Å².